The van der Waals surface area contributed by atoms with Crippen molar-refractivity contribution in [2.45, 2.75) is 47.4 Å². The van der Waals surface area contributed by atoms with Crippen molar-refractivity contribution >= 4 is 7.60 Å². The average molecular weight is 517 g/mol. The maximum Gasteiger partial charge on any atom is 0.460 e. The second-order valence-corrected chi connectivity index (χ2v) is 6.68. The van der Waals surface area contributed by atoms with E-state index in [1.54, 1.807) is 0 Å². The van der Waals surface area contributed by atoms with E-state index in [1.165, 1.54) is 0 Å². The van der Waals surface area contributed by atoms with Gasteiger partial charge in [0.1, 0.15) is 0 Å². The van der Waals surface area contributed by atoms with Crippen LogP contribution in [0.5, 0.6) is 0 Å². The third-order valence-corrected chi connectivity index (χ3v) is 4.08. The van der Waals surface area contributed by atoms with Gasteiger partial charge in [-0.05, 0) is 0 Å². The molecule has 184 valence electrons. The van der Waals surface area contributed by atoms with Crippen LogP contribution in [-0.2, 0) is 4.57 Å². The Labute approximate surface area is 151 Å². The lowest BCUT2D eigenvalue weighted by atomic mass is 9.91. The van der Waals surface area contributed by atoms with E-state index in [4.69, 9.17) is 9.79 Å². The van der Waals surface area contributed by atoms with Crippen molar-refractivity contribution in [1.82, 2.24) is 6.15 Å². The van der Waals surface area contributed by atoms with Crippen molar-refractivity contribution in [1.29, 1.82) is 0 Å². The second kappa shape index (κ2) is 7.22. The van der Waals surface area contributed by atoms with Crippen molar-refractivity contribution in [2.24, 2.45) is 0 Å². The fraction of sp³-hybridized carbons (Fsp3) is 1.00. The van der Waals surface area contributed by atoms with Crippen LogP contribution in [0.15, 0.2) is 0 Å². The predicted octanol–water partition coefficient (Wildman–Crippen LogP) is 5.29. The molecule has 0 heterocycles. The van der Waals surface area contributed by atoms with E-state index in [2.05, 4.69) is 0 Å². The minimum Gasteiger partial charge on any atom is -0.344 e. The van der Waals surface area contributed by atoms with Crippen LogP contribution in [0.3, 0.4) is 0 Å². The Morgan fingerprint density at radius 3 is 0.833 bits per heavy atom. The SMILES string of the molecule is N.O=P(O)(O)C(F)(F)C(F)(F)C(F)(F)C(F)(F)C(F)(F)C(F)(F)C(F)(F)C(F)(F)F. The molecule has 0 saturated carbocycles. The van der Waals surface area contributed by atoms with Gasteiger partial charge in [-0.25, -0.2) is 0 Å². The highest BCUT2D eigenvalue weighted by atomic mass is 31.2. The van der Waals surface area contributed by atoms with Crippen LogP contribution in [0.2, 0.25) is 0 Å². The first-order valence-electron chi connectivity index (χ1n) is 5.77. The zero-order valence-electron chi connectivity index (χ0n) is 12.9. The average Bonchev–Trinajstić information content (AvgIpc) is 2.43. The molecule has 0 bridgehead atoms. The first-order chi connectivity index (χ1) is 12.0. The number of halogens is 17. The molecule has 0 spiro atoms. The molecule has 0 atom stereocenters. The largest absolute Gasteiger partial charge is 0.460 e. The summed E-state index contributed by atoms with van der Waals surface area (Å²) in [5, 5.41) is 0. The Morgan fingerprint density at radius 1 is 0.433 bits per heavy atom. The molecule has 0 aromatic heterocycles. The van der Waals surface area contributed by atoms with E-state index < -0.39 is 55.0 Å². The fourth-order valence-electron chi connectivity index (χ4n) is 1.34. The van der Waals surface area contributed by atoms with Crippen LogP contribution in [-0.4, -0.2) is 57.2 Å². The second-order valence-electron chi connectivity index (χ2n) is 5.03. The molecule has 0 rings (SSSR count). The van der Waals surface area contributed by atoms with Crippen molar-refractivity contribution in [3.05, 3.63) is 0 Å². The maximum atomic E-state index is 13.1. The van der Waals surface area contributed by atoms with Gasteiger partial charge < -0.3 is 15.9 Å². The topological polar surface area (TPSA) is 92.5 Å². The van der Waals surface area contributed by atoms with Gasteiger partial charge in [0.25, 0.3) is 0 Å². The molecule has 0 aromatic carbocycles. The number of hydrogen-bond donors (Lipinski definition) is 3. The van der Waals surface area contributed by atoms with Gasteiger partial charge in [0, 0.05) is 0 Å². The van der Waals surface area contributed by atoms with Gasteiger partial charge in [0.2, 0.25) is 0 Å². The van der Waals surface area contributed by atoms with Gasteiger partial charge in [-0.3, -0.25) is 4.57 Å². The standard InChI is InChI=1S/C8H2F17O3P.H3N/c9-1(10,3(13,14)5(17,18)7(21,22)23)2(11,12)4(15,16)6(19,20)8(24,25)29(26,27)28;/h(H2,26,27,28);1H3. The summed E-state index contributed by atoms with van der Waals surface area (Å²) in [5.74, 6) is -51.8. The maximum absolute atomic E-state index is 13.1. The lowest BCUT2D eigenvalue weighted by Crippen LogP contribution is -2.74. The molecule has 30 heavy (non-hydrogen) atoms. The van der Waals surface area contributed by atoms with Crippen LogP contribution in [0, 0.1) is 0 Å². The summed E-state index contributed by atoms with van der Waals surface area (Å²) < 4.78 is 225. The monoisotopic (exact) mass is 517 g/mol. The Kier molecular flexibility index (Phi) is 7.49. The van der Waals surface area contributed by atoms with E-state index in [-0.39, 0.29) is 6.15 Å². The molecule has 5 N–H and O–H groups in total. The molecule has 0 aliphatic rings. The molecule has 0 aliphatic heterocycles. The smallest absolute Gasteiger partial charge is 0.344 e. The molecule has 4 nitrogen and oxygen atoms in total. The summed E-state index contributed by atoms with van der Waals surface area (Å²) in [6, 6.07) is 0. The zero-order valence-corrected chi connectivity index (χ0v) is 13.8. The third kappa shape index (κ3) is 3.60. The lowest BCUT2D eigenvalue weighted by molar-refractivity contribution is -0.458. The Bertz CT molecular complexity index is 679. The minimum atomic E-state index is -8.86. The van der Waals surface area contributed by atoms with Crippen LogP contribution in [0.25, 0.3) is 0 Å². The first-order valence-corrected chi connectivity index (χ1v) is 7.38. The van der Waals surface area contributed by atoms with Gasteiger partial charge in [0.05, 0.1) is 0 Å². The molecule has 0 radical (unpaired) electrons. The van der Waals surface area contributed by atoms with E-state index >= 15 is 0 Å². The van der Waals surface area contributed by atoms with Crippen molar-refractivity contribution < 1.29 is 89.0 Å². The summed E-state index contributed by atoms with van der Waals surface area (Å²) in [6.07, 6.45) is -7.87. The van der Waals surface area contributed by atoms with Crippen molar-refractivity contribution in [3.8, 4) is 0 Å². The Balaban J connectivity index is 0. The summed E-state index contributed by atoms with van der Waals surface area (Å²) in [6.45, 7) is 0. The van der Waals surface area contributed by atoms with E-state index in [0.29, 0.717) is 0 Å². The highest BCUT2D eigenvalue weighted by Crippen LogP contribution is 2.69. The molecule has 0 fully saturated rings. The van der Waals surface area contributed by atoms with Gasteiger partial charge in [-0.15, -0.1) is 0 Å². The predicted molar refractivity (Wildman–Crippen MR) is 57.8 cm³/mol. The normalized spacial score (nSPS) is 16.4. The summed E-state index contributed by atoms with van der Waals surface area (Å²) >= 11 is 0. The molecule has 0 aliphatic carbocycles. The molecule has 22 heteroatoms. The molecule has 0 saturated heterocycles. The van der Waals surface area contributed by atoms with E-state index in [0.717, 1.165) is 0 Å². The molecule has 0 unspecified atom stereocenters. The highest BCUT2D eigenvalue weighted by Gasteiger charge is 2.96. The summed E-state index contributed by atoms with van der Waals surface area (Å²) in [7, 11) is -7.97. The van der Waals surface area contributed by atoms with Crippen LogP contribution >= 0.6 is 7.60 Å². The van der Waals surface area contributed by atoms with E-state index in [1.807, 2.05) is 0 Å². The van der Waals surface area contributed by atoms with Gasteiger partial charge in [-0.2, -0.15) is 74.6 Å². The zero-order chi connectivity index (χ0) is 24.5. The first kappa shape index (κ1) is 31.1. The Hall–Kier alpha value is -1.08. The fourth-order valence-corrected chi connectivity index (χ4v) is 1.84. The van der Waals surface area contributed by atoms with Crippen LogP contribution < -0.4 is 6.15 Å². The number of alkyl halides is 17. The van der Waals surface area contributed by atoms with Gasteiger partial charge >= 0.3 is 55.0 Å². The van der Waals surface area contributed by atoms with Gasteiger partial charge in [-0.1, -0.05) is 0 Å². The number of hydrogen-bond acceptors (Lipinski definition) is 2. The van der Waals surface area contributed by atoms with Crippen LogP contribution in [0.4, 0.5) is 74.6 Å². The quantitative estimate of drug-likeness (QED) is 0.316. The minimum absolute atomic E-state index is 0. The van der Waals surface area contributed by atoms with Crippen molar-refractivity contribution in [2.75, 3.05) is 0 Å². The molecule has 0 aromatic rings. The van der Waals surface area contributed by atoms with E-state index in [9.17, 15) is 79.2 Å². The number of rotatable bonds is 7. The summed E-state index contributed by atoms with van der Waals surface area (Å²) in [4.78, 5) is 15.6. The lowest BCUT2D eigenvalue weighted by Gasteiger charge is -2.42. The Morgan fingerprint density at radius 2 is 0.633 bits per heavy atom. The summed E-state index contributed by atoms with van der Waals surface area (Å²) in [5.41, 5.74) is -7.70. The molecular weight excluding hydrogens is 512 g/mol. The van der Waals surface area contributed by atoms with Crippen LogP contribution in [0.1, 0.15) is 0 Å². The third-order valence-electron chi connectivity index (χ3n) is 3.07. The highest BCUT2D eigenvalue weighted by molar-refractivity contribution is 7.53. The van der Waals surface area contributed by atoms with Gasteiger partial charge in [0.15, 0.2) is 0 Å². The van der Waals surface area contributed by atoms with Crippen molar-refractivity contribution in [3.63, 3.8) is 0 Å². The molecule has 0 amide bonds. The molecular formula is C8H5F17NO3P.